The summed E-state index contributed by atoms with van der Waals surface area (Å²) < 4.78 is 0.406. The number of benzene rings is 2. The molecule has 1 fully saturated rings. The average molecular weight is 419 g/mol. The quantitative estimate of drug-likeness (QED) is 0.560. The lowest BCUT2D eigenvalue weighted by Gasteiger charge is -2.14. The smallest absolute Gasteiger partial charge is 0.266 e. The highest BCUT2D eigenvalue weighted by molar-refractivity contribution is 8.26. The van der Waals surface area contributed by atoms with E-state index >= 15 is 0 Å². The summed E-state index contributed by atoms with van der Waals surface area (Å²) in [5, 5.41) is 12.7. The van der Waals surface area contributed by atoms with Crippen molar-refractivity contribution in [3.63, 3.8) is 0 Å². The number of phenolic OH excluding ortho intramolecular Hbond substituents is 1. The second kappa shape index (κ2) is 8.56. The number of hydrogen-bond acceptors (Lipinski definition) is 5. The molecule has 2 aromatic carbocycles. The summed E-state index contributed by atoms with van der Waals surface area (Å²) in [6.07, 6.45) is 1.79. The molecule has 0 bridgehead atoms. The van der Waals surface area contributed by atoms with Gasteiger partial charge >= 0.3 is 0 Å². The van der Waals surface area contributed by atoms with E-state index in [1.54, 1.807) is 24.3 Å². The molecule has 138 valence electrons. The van der Waals surface area contributed by atoms with E-state index in [1.807, 2.05) is 18.2 Å². The van der Waals surface area contributed by atoms with Gasteiger partial charge in [0.05, 0.1) is 4.91 Å². The van der Waals surface area contributed by atoms with E-state index in [-0.39, 0.29) is 30.5 Å². The molecule has 2 aromatic rings. The van der Waals surface area contributed by atoms with Crippen LogP contribution in [0.4, 0.5) is 5.69 Å². The number of thioether (sulfide) groups is 1. The highest BCUT2D eigenvalue weighted by Gasteiger charge is 2.32. The Kier molecular flexibility index (Phi) is 6.15. The highest BCUT2D eigenvalue weighted by atomic mass is 35.5. The van der Waals surface area contributed by atoms with Crippen LogP contribution in [-0.4, -0.2) is 32.7 Å². The zero-order valence-corrected chi connectivity index (χ0v) is 16.4. The monoisotopic (exact) mass is 418 g/mol. The Morgan fingerprint density at radius 2 is 2.04 bits per heavy atom. The van der Waals surface area contributed by atoms with Gasteiger partial charge in [0.25, 0.3) is 5.91 Å². The number of thiocarbonyl (C=S) groups is 1. The largest absolute Gasteiger partial charge is 0.508 e. The number of amides is 2. The summed E-state index contributed by atoms with van der Waals surface area (Å²) in [6.45, 7) is 0.176. The zero-order chi connectivity index (χ0) is 19.4. The fourth-order valence-electron chi connectivity index (χ4n) is 2.45. The summed E-state index contributed by atoms with van der Waals surface area (Å²) in [5.74, 6) is -0.450. The van der Waals surface area contributed by atoms with E-state index in [9.17, 15) is 14.7 Å². The normalized spacial score (nSPS) is 15.4. The molecule has 2 N–H and O–H groups in total. The van der Waals surface area contributed by atoms with Crippen LogP contribution in [0.3, 0.4) is 0 Å². The van der Waals surface area contributed by atoms with Gasteiger partial charge in [-0.15, -0.1) is 0 Å². The maximum absolute atomic E-state index is 12.6. The molecule has 27 heavy (non-hydrogen) atoms. The van der Waals surface area contributed by atoms with Gasteiger partial charge in [0, 0.05) is 29.7 Å². The van der Waals surface area contributed by atoms with Crippen molar-refractivity contribution in [2.24, 2.45) is 0 Å². The number of rotatable bonds is 5. The van der Waals surface area contributed by atoms with Crippen LogP contribution in [0.25, 0.3) is 6.08 Å². The first kappa shape index (κ1) is 19.4. The average Bonchev–Trinajstić information content (AvgIpc) is 2.88. The lowest BCUT2D eigenvalue weighted by molar-refractivity contribution is -0.122. The van der Waals surface area contributed by atoms with Gasteiger partial charge < -0.3 is 10.4 Å². The van der Waals surface area contributed by atoms with Crippen molar-refractivity contribution >= 4 is 63.5 Å². The van der Waals surface area contributed by atoms with Crippen LogP contribution in [0.5, 0.6) is 5.75 Å². The van der Waals surface area contributed by atoms with Crippen molar-refractivity contribution in [2.75, 3.05) is 11.9 Å². The number of phenols is 1. The van der Waals surface area contributed by atoms with Gasteiger partial charge in [-0.2, -0.15) is 0 Å². The van der Waals surface area contributed by atoms with E-state index in [0.717, 1.165) is 5.56 Å². The number of hydrogen-bond donors (Lipinski definition) is 2. The Bertz CT molecular complexity index is 946. The van der Waals surface area contributed by atoms with Crippen LogP contribution in [0.15, 0.2) is 53.4 Å². The number of aromatic hydroxyl groups is 1. The van der Waals surface area contributed by atoms with Gasteiger partial charge in [-0.1, -0.05) is 59.8 Å². The first-order valence-corrected chi connectivity index (χ1v) is 9.63. The molecule has 8 heteroatoms. The minimum atomic E-state index is -0.273. The summed E-state index contributed by atoms with van der Waals surface area (Å²) in [4.78, 5) is 26.6. The lowest BCUT2D eigenvalue weighted by Crippen LogP contribution is -2.31. The fourth-order valence-corrected chi connectivity index (χ4v) is 3.94. The third-order valence-electron chi connectivity index (χ3n) is 3.76. The Morgan fingerprint density at radius 3 is 2.78 bits per heavy atom. The zero-order valence-electron chi connectivity index (χ0n) is 14.0. The number of nitrogens with one attached hydrogen (secondary N) is 1. The molecular weight excluding hydrogens is 404 g/mol. The molecule has 2 amide bonds. The van der Waals surface area contributed by atoms with Gasteiger partial charge in [-0.05, 0) is 29.8 Å². The molecule has 1 saturated heterocycles. The van der Waals surface area contributed by atoms with Crippen LogP contribution in [-0.2, 0) is 9.59 Å². The molecule has 0 aliphatic carbocycles. The second-order valence-electron chi connectivity index (χ2n) is 5.70. The number of anilines is 1. The van der Waals surface area contributed by atoms with E-state index in [0.29, 0.717) is 19.9 Å². The molecule has 3 rings (SSSR count). The molecular formula is C19H15ClN2O3S2. The number of carbonyl (C=O) groups is 2. The number of carbonyl (C=O) groups excluding carboxylic acids is 2. The van der Waals surface area contributed by atoms with Gasteiger partial charge in [0.1, 0.15) is 10.1 Å². The van der Waals surface area contributed by atoms with E-state index < -0.39 is 0 Å². The van der Waals surface area contributed by atoms with Crippen molar-refractivity contribution in [3.05, 3.63) is 64.0 Å². The minimum absolute atomic E-state index is 0.0643. The second-order valence-corrected chi connectivity index (χ2v) is 7.79. The van der Waals surface area contributed by atoms with Crippen LogP contribution in [0, 0.1) is 0 Å². The summed E-state index contributed by atoms with van der Waals surface area (Å²) in [7, 11) is 0. The Hall–Kier alpha value is -2.35. The number of halogens is 1. The van der Waals surface area contributed by atoms with Gasteiger partial charge in [0.15, 0.2) is 0 Å². The summed E-state index contributed by atoms with van der Waals surface area (Å²) >= 11 is 12.6. The minimum Gasteiger partial charge on any atom is -0.508 e. The predicted octanol–water partition coefficient (Wildman–Crippen LogP) is 4.28. The Labute approximate surface area is 171 Å². The molecule has 5 nitrogen and oxygen atoms in total. The molecule has 0 spiro atoms. The van der Waals surface area contributed by atoms with Gasteiger partial charge in [-0.25, -0.2) is 0 Å². The van der Waals surface area contributed by atoms with Gasteiger partial charge in [-0.3, -0.25) is 14.5 Å². The highest BCUT2D eigenvalue weighted by Crippen LogP contribution is 2.33. The molecule has 1 aliphatic rings. The van der Waals surface area contributed by atoms with Crippen LogP contribution >= 0.6 is 35.6 Å². The molecule has 0 atom stereocenters. The van der Waals surface area contributed by atoms with Crippen molar-refractivity contribution in [3.8, 4) is 5.75 Å². The SMILES string of the molecule is O=C(CCN1C(=O)/C(=C/c2ccccc2Cl)SC1=S)Nc1cccc(O)c1. The predicted molar refractivity (Wildman–Crippen MR) is 113 cm³/mol. The third-order valence-corrected chi connectivity index (χ3v) is 5.48. The maximum atomic E-state index is 12.6. The first-order valence-electron chi connectivity index (χ1n) is 8.03. The third kappa shape index (κ3) is 4.88. The fraction of sp³-hybridized carbons (Fsp3) is 0.105. The van der Waals surface area contributed by atoms with Crippen molar-refractivity contribution in [1.82, 2.24) is 4.90 Å². The molecule has 0 unspecified atom stereocenters. The maximum Gasteiger partial charge on any atom is 0.266 e. The lowest BCUT2D eigenvalue weighted by atomic mass is 10.2. The molecule has 1 heterocycles. The molecule has 0 aromatic heterocycles. The van der Waals surface area contributed by atoms with Crippen molar-refractivity contribution in [2.45, 2.75) is 6.42 Å². The summed E-state index contributed by atoms with van der Waals surface area (Å²) in [6, 6.07) is 13.5. The summed E-state index contributed by atoms with van der Waals surface area (Å²) in [5.41, 5.74) is 1.23. The van der Waals surface area contributed by atoms with Crippen LogP contribution in [0.2, 0.25) is 5.02 Å². The Morgan fingerprint density at radius 1 is 1.26 bits per heavy atom. The topological polar surface area (TPSA) is 69.6 Å². The first-order chi connectivity index (χ1) is 12.9. The molecule has 0 radical (unpaired) electrons. The molecule has 0 saturated carbocycles. The van der Waals surface area contributed by atoms with E-state index in [1.165, 1.54) is 28.8 Å². The van der Waals surface area contributed by atoms with E-state index in [2.05, 4.69) is 5.32 Å². The standard InChI is InChI=1S/C19H15ClN2O3S2/c20-15-7-2-1-4-12(15)10-16-18(25)22(19(26)27-16)9-8-17(24)21-13-5-3-6-14(23)11-13/h1-7,10-11,23H,8-9H2,(H,21,24)/b16-10-. The van der Waals surface area contributed by atoms with Crippen molar-refractivity contribution < 1.29 is 14.7 Å². The van der Waals surface area contributed by atoms with Crippen molar-refractivity contribution in [1.29, 1.82) is 0 Å². The molecule has 1 aliphatic heterocycles. The Balaban J connectivity index is 1.62. The van der Waals surface area contributed by atoms with Crippen LogP contribution in [0.1, 0.15) is 12.0 Å². The number of nitrogens with zero attached hydrogens (tertiary/aromatic N) is 1. The van der Waals surface area contributed by atoms with E-state index in [4.69, 9.17) is 23.8 Å². The van der Waals surface area contributed by atoms with Gasteiger partial charge in [0.2, 0.25) is 5.91 Å². The van der Waals surface area contributed by atoms with Crippen LogP contribution < -0.4 is 5.32 Å².